The number of amides is 1. The summed E-state index contributed by atoms with van der Waals surface area (Å²) in [5.41, 5.74) is 2.35. The zero-order valence-electron chi connectivity index (χ0n) is 17.1. The van der Waals surface area contributed by atoms with Crippen LogP contribution in [0.25, 0.3) is 10.2 Å². The van der Waals surface area contributed by atoms with E-state index >= 15 is 0 Å². The molecule has 2 aromatic carbocycles. The van der Waals surface area contributed by atoms with Gasteiger partial charge in [-0.3, -0.25) is 10.0 Å². The molecular formula is C21H17ClN4O5S2. The van der Waals surface area contributed by atoms with E-state index in [1.165, 1.54) is 18.3 Å². The molecule has 4 rings (SSSR count). The summed E-state index contributed by atoms with van der Waals surface area (Å²) >= 11 is 6.98. The number of aryl methyl sites for hydroxylation is 1. The van der Waals surface area contributed by atoms with Crippen LogP contribution >= 0.6 is 23.1 Å². The molecule has 0 unspecified atom stereocenters. The first-order valence-corrected chi connectivity index (χ1v) is 12.3. The number of nitrogens with one attached hydrogen (secondary N) is 2. The van der Waals surface area contributed by atoms with Crippen LogP contribution in [0.15, 0.2) is 59.6 Å². The number of sulfone groups is 1. The summed E-state index contributed by atoms with van der Waals surface area (Å²) in [6.45, 7) is 1.72. The lowest BCUT2D eigenvalue weighted by molar-refractivity contribution is 0.0707. The molecule has 0 aliphatic rings. The van der Waals surface area contributed by atoms with Gasteiger partial charge in [0, 0.05) is 11.2 Å². The van der Waals surface area contributed by atoms with Gasteiger partial charge in [-0.15, -0.1) is 0 Å². The monoisotopic (exact) mass is 504 g/mol. The predicted octanol–water partition coefficient (Wildman–Crippen LogP) is 4.41. The third-order valence-electron chi connectivity index (χ3n) is 4.69. The van der Waals surface area contributed by atoms with Crippen molar-refractivity contribution < 1.29 is 23.2 Å². The maximum absolute atomic E-state index is 12.9. The molecule has 170 valence electrons. The molecule has 4 aromatic rings. The Labute approximate surface area is 198 Å². The summed E-state index contributed by atoms with van der Waals surface area (Å²) in [5, 5.41) is 13.0. The van der Waals surface area contributed by atoms with Gasteiger partial charge in [0.05, 0.1) is 27.2 Å². The lowest BCUT2D eigenvalue weighted by Crippen LogP contribution is -2.22. The van der Waals surface area contributed by atoms with Crippen LogP contribution in [0, 0.1) is 6.92 Å². The molecule has 2 heterocycles. The lowest BCUT2D eigenvalue weighted by Gasteiger charge is -2.13. The molecule has 2 aromatic heterocycles. The second-order valence-electron chi connectivity index (χ2n) is 6.90. The van der Waals surface area contributed by atoms with Crippen LogP contribution < -0.4 is 15.5 Å². The van der Waals surface area contributed by atoms with Crippen LogP contribution in [-0.4, -0.2) is 34.8 Å². The van der Waals surface area contributed by atoms with Gasteiger partial charge >= 0.3 is 0 Å². The van der Waals surface area contributed by atoms with Crippen LogP contribution in [0.2, 0.25) is 5.02 Å². The number of pyridine rings is 1. The molecule has 0 aliphatic carbocycles. The number of carbonyl (C=O) groups is 1. The average Bonchev–Trinajstić information content (AvgIpc) is 3.20. The maximum atomic E-state index is 12.9. The minimum Gasteiger partial charge on any atom is -0.457 e. The Morgan fingerprint density at radius 2 is 1.76 bits per heavy atom. The van der Waals surface area contributed by atoms with E-state index in [0.717, 1.165) is 11.5 Å². The summed E-state index contributed by atoms with van der Waals surface area (Å²) < 4.78 is 35.7. The van der Waals surface area contributed by atoms with Gasteiger partial charge in [0.1, 0.15) is 22.2 Å². The molecule has 0 spiro atoms. The van der Waals surface area contributed by atoms with E-state index in [2.05, 4.69) is 14.7 Å². The Kier molecular flexibility index (Phi) is 6.47. The largest absolute Gasteiger partial charge is 0.457 e. The number of halogens is 1. The predicted molar refractivity (Wildman–Crippen MR) is 125 cm³/mol. The van der Waals surface area contributed by atoms with Crippen LogP contribution in [0.5, 0.6) is 11.5 Å². The van der Waals surface area contributed by atoms with Gasteiger partial charge in [-0.25, -0.2) is 18.9 Å². The van der Waals surface area contributed by atoms with E-state index in [1.54, 1.807) is 48.8 Å². The molecule has 3 N–H and O–H groups in total. The van der Waals surface area contributed by atoms with E-state index in [4.69, 9.17) is 21.5 Å². The molecule has 0 radical (unpaired) electrons. The molecule has 0 saturated carbocycles. The number of hydrogen-bond donors (Lipinski definition) is 3. The third kappa shape index (κ3) is 4.91. The van der Waals surface area contributed by atoms with Crippen molar-refractivity contribution in [2.45, 2.75) is 11.8 Å². The van der Waals surface area contributed by atoms with Gasteiger partial charge in [0.15, 0.2) is 9.84 Å². The number of anilines is 1. The van der Waals surface area contributed by atoms with Crippen LogP contribution in [0.4, 0.5) is 5.69 Å². The van der Waals surface area contributed by atoms with Crippen molar-refractivity contribution in [3.8, 4) is 11.5 Å². The number of rotatable bonds is 7. The quantitative estimate of drug-likeness (QED) is 0.249. The minimum absolute atomic E-state index is 0.00443. The average molecular weight is 505 g/mol. The third-order valence-corrected chi connectivity index (χ3v) is 7.31. The van der Waals surface area contributed by atoms with Crippen LogP contribution in [-0.2, 0) is 9.84 Å². The smallest absolute Gasteiger partial charge is 0.278 e. The zero-order chi connectivity index (χ0) is 23.6. The Morgan fingerprint density at radius 3 is 2.39 bits per heavy atom. The Balaban J connectivity index is 1.56. The van der Waals surface area contributed by atoms with Crippen molar-refractivity contribution in [1.82, 2.24) is 14.8 Å². The number of fused-ring (bicyclic) bond motifs is 1. The topological polar surface area (TPSA) is 131 Å². The highest BCUT2D eigenvalue weighted by atomic mass is 35.5. The summed E-state index contributed by atoms with van der Waals surface area (Å²) in [5.74, 6) is -0.293. The van der Waals surface area contributed by atoms with Gasteiger partial charge in [-0.1, -0.05) is 11.6 Å². The normalized spacial score (nSPS) is 11.4. The van der Waals surface area contributed by atoms with E-state index < -0.39 is 21.6 Å². The number of ether oxygens (including phenoxy) is 1. The van der Waals surface area contributed by atoms with Crippen molar-refractivity contribution in [1.29, 1.82) is 0 Å². The van der Waals surface area contributed by atoms with Gasteiger partial charge in [0.2, 0.25) is 0 Å². The van der Waals surface area contributed by atoms with Gasteiger partial charge in [-0.05, 0) is 67.0 Å². The molecule has 0 bridgehead atoms. The van der Waals surface area contributed by atoms with Crippen molar-refractivity contribution in [3.63, 3.8) is 0 Å². The second kappa shape index (κ2) is 9.32. The highest BCUT2D eigenvalue weighted by Gasteiger charge is 2.21. The molecule has 12 heteroatoms. The van der Waals surface area contributed by atoms with Gasteiger partial charge < -0.3 is 10.1 Å². The SMILES string of the molecule is Cc1nsc2ncc(C(=O)NO)c(NCS(=O)(=O)c3ccc(Oc4ccc(Cl)cc4)cc3)c12. The van der Waals surface area contributed by atoms with E-state index in [1.807, 2.05) is 0 Å². The molecule has 0 fully saturated rings. The fourth-order valence-corrected chi connectivity index (χ4v) is 5.01. The van der Waals surface area contributed by atoms with Gasteiger partial charge in [0.25, 0.3) is 5.91 Å². The molecule has 0 atom stereocenters. The van der Waals surface area contributed by atoms with Crippen molar-refractivity contribution in [2.75, 3.05) is 11.2 Å². The fourth-order valence-electron chi connectivity index (χ4n) is 3.08. The summed E-state index contributed by atoms with van der Waals surface area (Å²) in [6.07, 6.45) is 1.25. The fraction of sp³-hybridized carbons (Fsp3) is 0.0952. The standard InChI is InChI=1S/C21H17ClN4O5S2/c1-12-18-19(17(20(27)25-28)10-23-21(18)32-26-12)24-11-33(29,30)16-8-6-15(7-9-16)31-14-4-2-13(22)3-5-14/h2-10,28H,11H2,1H3,(H,23,24)(H,25,27). The van der Waals surface area contributed by atoms with Crippen molar-refractivity contribution >= 4 is 54.8 Å². The van der Waals surface area contributed by atoms with Crippen molar-refractivity contribution in [2.24, 2.45) is 0 Å². The summed E-state index contributed by atoms with van der Waals surface area (Å²) in [4.78, 5) is 16.8. The van der Waals surface area contributed by atoms with E-state index in [-0.39, 0.29) is 16.1 Å². The summed E-state index contributed by atoms with van der Waals surface area (Å²) in [6, 6.07) is 12.7. The number of carbonyl (C=O) groups excluding carboxylic acids is 1. The number of benzene rings is 2. The second-order valence-corrected chi connectivity index (χ2v) is 10.1. The molecule has 9 nitrogen and oxygen atoms in total. The summed E-state index contributed by atoms with van der Waals surface area (Å²) in [7, 11) is -3.78. The maximum Gasteiger partial charge on any atom is 0.278 e. The van der Waals surface area contributed by atoms with Crippen LogP contribution in [0.3, 0.4) is 0 Å². The molecule has 1 amide bonds. The molecule has 0 saturated heterocycles. The van der Waals surface area contributed by atoms with Crippen molar-refractivity contribution in [3.05, 3.63) is 71.0 Å². The number of nitrogens with zero attached hydrogens (tertiary/aromatic N) is 2. The number of hydroxylamine groups is 1. The molecule has 0 aliphatic heterocycles. The first-order valence-electron chi connectivity index (χ1n) is 9.48. The minimum atomic E-state index is -3.78. The van der Waals surface area contributed by atoms with E-state index in [9.17, 15) is 13.2 Å². The lowest BCUT2D eigenvalue weighted by atomic mass is 10.1. The molecular weight excluding hydrogens is 488 g/mol. The molecule has 33 heavy (non-hydrogen) atoms. The van der Waals surface area contributed by atoms with Crippen LogP contribution in [0.1, 0.15) is 16.1 Å². The first-order chi connectivity index (χ1) is 15.8. The Morgan fingerprint density at radius 1 is 1.12 bits per heavy atom. The number of aromatic nitrogens is 2. The Hall–Kier alpha value is -3.25. The zero-order valence-corrected chi connectivity index (χ0v) is 19.5. The highest BCUT2D eigenvalue weighted by molar-refractivity contribution is 7.91. The van der Waals surface area contributed by atoms with Gasteiger partial charge in [-0.2, -0.15) is 4.37 Å². The van der Waals surface area contributed by atoms with E-state index in [0.29, 0.717) is 32.4 Å². The Bertz CT molecular complexity index is 1420. The highest BCUT2D eigenvalue weighted by Crippen LogP contribution is 2.32. The number of hydrogen-bond acceptors (Lipinski definition) is 9. The first kappa shape index (κ1) is 22.9.